The van der Waals surface area contributed by atoms with Gasteiger partial charge in [-0.15, -0.1) is 0 Å². The van der Waals surface area contributed by atoms with Crippen molar-refractivity contribution in [1.29, 1.82) is 0 Å². The summed E-state index contributed by atoms with van der Waals surface area (Å²) in [6.45, 7) is 3.10. The van der Waals surface area contributed by atoms with E-state index in [1.54, 1.807) is 6.92 Å². The Kier molecular flexibility index (Phi) is 5.67. The maximum absolute atomic E-state index is 11.1. The number of carbonyl (C=O) groups excluding carboxylic acids is 1. The fourth-order valence-electron chi connectivity index (χ4n) is 2.99. The number of nitrogens with one attached hydrogen (secondary N) is 2. The van der Waals surface area contributed by atoms with Crippen LogP contribution in [0.25, 0.3) is 10.9 Å². The first-order valence-corrected chi connectivity index (χ1v) is 8.70. The van der Waals surface area contributed by atoms with Gasteiger partial charge in [-0.1, -0.05) is 18.2 Å². The second kappa shape index (κ2) is 8.33. The highest BCUT2D eigenvalue weighted by Gasteiger charge is 2.07. The predicted molar refractivity (Wildman–Crippen MR) is 101 cm³/mol. The van der Waals surface area contributed by atoms with Crippen molar-refractivity contribution in [3.05, 3.63) is 66.1 Å². The topological polar surface area (TPSA) is 59.0 Å². The molecular weight excluding hydrogens is 312 g/mol. The first kappa shape index (κ1) is 17.0. The minimum absolute atomic E-state index is 0.0120. The van der Waals surface area contributed by atoms with E-state index in [4.69, 9.17) is 0 Å². The van der Waals surface area contributed by atoms with Gasteiger partial charge in [0.1, 0.15) is 0 Å². The highest BCUT2D eigenvalue weighted by molar-refractivity contribution is 5.84. The molecule has 1 aromatic carbocycles. The molecular formula is C20H24N4O. The molecule has 0 bridgehead atoms. The Hall–Kier alpha value is -2.82. The summed E-state index contributed by atoms with van der Waals surface area (Å²) >= 11 is 0. The van der Waals surface area contributed by atoms with Crippen LogP contribution in [-0.2, 0) is 17.6 Å². The average molecular weight is 336 g/mol. The average Bonchev–Trinajstić information content (AvgIpc) is 2.98. The molecule has 0 atom stereocenters. The maximum Gasteiger partial charge on any atom is 0.216 e. The molecule has 3 rings (SSSR count). The van der Waals surface area contributed by atoms with E-state index in [2.05, 4.69) is 63.0 Å². The van der Waals surface area contributed by atoms with Crippen LogP contribution in [0.5, 0.6) is 0 Å². The van der Waals surface area contributed by atoms with Crippen molar-refractivity contribution in [2.24, 2.45) is 0 Å². The molecule has 2 N–H and O–H groups in total. The lowest BCUT2D eigenvalue weighted by atomic mass is 10.1. The Morgan fingerprint density at radius 3 is 2.68 bits per heavy atom. The molecule has 0 aliphatic carbocycles. The van der Waals surface area contributed by atoms with Gasteiger partial charge in [0.25, 0.3) is 0 Å². The minimum Gasteiger partial charge on any atom is -0.356 e. The zero-order valence-corrected chi connectivity index (χ0v) is 14.5. The Labute approximate surface area is 148 Å². The molecule has 0 fully saturated rings. The summed E-state index contributed by atoms with van der Waals surface area (Å²) in [7, 11) is 0. The minimum atomic E-state index is 0.0120. The van der Waals surface area contributed by atoms with Crippen LogP contribution in [0.3, 0.4) is 0 Å². The van der Waals surface area contributed by atoms with Crippen molar-refractivity contribution < 1.29 is 4.79 Å². The zero-order chi connectivity index (χ0) is 17.5. The summed E-state index contributed by atoms with van der Waals surface area (Å²) in [4.78, 5) is 15.1. The molecule has 2 heterocycles. The Morgan fingerprint density at radius 2 is 1.88 bits per heavy atom. The number of benzene rings is 1. The van der Waals surface area contributed by atoms with Gasteiger partial charge in [-0.05, 0) is 48.6 Å². The predicted octanol–water partition coefficient (Wildman–Crippen LogP) is 2.89. The van der Waals surface area contributed by atoms with Gasteiger partial charge in [-0.2, -0.15) is 0 Å². The number of pyridine rings is 1. The van der Waals surface area contributed by atoms with Crippen molar-refractivity contribution >= 4 is 16.8 Å². The fraction of sp³-hybridized carbons (Fsp3) is 0.300. The number of nitrogens with zero attached hydrogens (tertiary/aromatic N) is 2. The summed E-state index contributed by atoms with van der Waals surface area (Å²) < 4.78 is 2.10. The second-order valence-electron chi connectivity index (χ2n) is 6.14. The van der Waals surface area contributed by atoms with Gasteiger partial charge in [0, 0.05) is 44.0 Å². The third kappa shape index (κ3) is 4.59. The van der Waals surface area contributed by atoms with Crippen LogP contribution < -0.4 is 10.7 Å². The normalized spacial score (nSPS) is 10.8. The summed E-state index contributed by atoms with van der Waals surface area (Å²) in [5, 5.41) is 4.10. The molecule has 5 nitrogen and oxygen atoms in total. The third-order valence-corrected chi connectivity index (χ3v) is 4.24. The van der Waals surface area contributed by atoms with Crippen molar-refractivity contribution in [3.63, 3.8) is 0 Å². The monoisotopic (exact) mass is 336 g/mol. The van der Waals surface area contributed by atoms with Crippen LogP contribution in [0, 0.1) is 0 Å². The number of rotatable bonds is 8. The lowest BCUT2D eigenvalue weighted by Crippen LogP contribution is -2.22. The van der Waals surface area contributed by atoms with Crippen LogP contribution in [0.1, 0.15) is 24.5 Å². The molecule has 130 valence electrons. The van der Waals surface area contributed by atoms with Gasteiger partial charge >= 0.3 is 0 Å². The van der Waals surface area contributed by atoms with E-state index < -0.39 is 0 Å². The van der Waals surface area contributed by atoms with E-state index in [0.29, 0.717) is 6.54 Å². The van der Waals surface area contributed by atoms with Crippen LogP contribution in [0.2, 0.25) is 0 Å². The molecule has 3 aromatic rings. The van der Waals surface area contributed by atoms with Crippen LogP contribution in [-0.4, -0.2) is 28.7 Å². The number of aromatic nitrogens is 2. The highest BCUT2D eigenvalue weighted by Crippen LogP contribution is 2.20. The molecule has 0 saturated heterocycles. The van der Waals surface area contributed by atoms with Gasteiger partial charge in [0.2, 0.25) is 5.91 Å². The number of hydrogen-bond donors (Lipinski definition) is 2. The van der Waals surface area contributed by atoms with E-state index in [1.807, 2.05) is 12.4 Å². The first-order chi connectivity index (χ1) is 12.2. The maximum atomic E-state index is 11.1. The molecule has 0 aliphatic rings. The van der Waals surface area contributed by atoms with Crippen LogP contribution >= 0.6 is 0 Å². The SMILES string of the molecule is CC(=O)NCCc1cn(NCCCc2ccncc2)c2ccccc12. The van der Waals surface area contributed by atoms with Crippen LogP contribution in [0.15, 0.2) is 55.0 Å². The van der Waals surface area contributed by atoms with E-state index >= 15 is 0 Å². The molecule has 5 heteroatoms. The summed E-state index contributed by atoms with van der Waals surface area (Å²) in [6, 6.07) is 12.5. The number of para-hydroxylation sites is 1. The first-order valence-electron chi connectivity index (χ1n) is 8.70. The molecule has 1 amide bonds. The smallest absolute Gasteiger partial charge is 0.216 e. The van der Waals surface area contributed by atoms with E-state index in [0.717, 1.165) is 25.8 Å². The van der Waals surface area contributed by atoms with Gasteiger partial charge in [-0.3, -0.25) is 14.5 Å². The summed E-state index contributed by atoms with van der Waals surface area (Å²) in [6.07, 6.45) is 8.72. The molecule has 0 radical (unpaired) electrons. The molecule has 2 aromatic heterocycles. The summed E-state index contributed by atoms with van der Waals surface area (Å²) in [5.74, 6) is 0.0120. The number of carbonyl (C=O) groups is 1. The van der Waals surface area contributed by atoms with Crippen molar-refractivity contribution in [2.45, 2.75) is 26.2 Å². The molecule has 0 unspecified atom stereocenters. The molecule has 0 saturated carbocycles. The van der Waals surface area contributed by atoms with Gasteiger partial charge < -0.3 is 10.7 Å². The van der Waals surface area contributed by atoms with Crippen molar-refractivity contribution in [1.82, 2.24) is 15.0 Å². The van der Waals surface area contributed by atoms with Gasteiger partial charge in [-0.25, -0.2) is 0 Å². The zero-order valence-electron chi connectivity index (χ0n) is 14.5. The highest BCUT2D eigenvalue weighted by atomic mass is 16.1. The number of aryl methyl sites for hydroxylation is 1. The largest absolute Gasteiger partial charge is 0.356 e. The molecule has 0 aliphatic heterocycles. The lowest BCUT2D eigenvalue weighted by Gasteiger charge is -2.09. The van der Waals surface area contributed by atoms with E-state index in [1.165, 1.54) is 22.0 Å². The number of amides is 1. The second-order valence-corrected chi connectivity index (χ2v) is 6.14. The van der Waals surface area contributed by atoms with Crippen LogP contribution in [0.4, 0.5) is 0 Å². The fourth-order valence-corrected chi connectivity index (χ4v) is 2.99. The quantitative estimate of drug-likeness (QED) is 0.622. The van der Waals surface area contributed by atoms with Crippen molar-refractivity contribution in [2.75, 3.05) is 18.5 Å². The standard InChI is InChI=1S/C20H24N4O/c1-16(25)22-14-10-18-15-24(20-7-3-2-6-19(18)20)23-11-4-5-17-8-12-21-13-9-17/h2-3,6-9,12-13,15,23H,4-5,10-11,14H2,1H3,(H,22,25). The Bertz CT molecular complexity index is 826. The van der Waals surface area contributed by atoms with Gasteiger partial charge in [0.05, 0.1) is 5.52 Å². The Morgan fingerprint density at radius 1 is 1.08 bits per heavy atom. The summed E-state index contributed by atoms with van der Waals surface area (Å²) in [5.41, 5.74) is 7.21. The van der Waals surface area contributed by atoms with Crippen molar-refractivity contribution in [3.8, 4) is 0 Å². The number of hydrogen-bond acceptors (Lipinski definition) is 3. The Balaban J connectivity index is 1.61. The van der Waals surface area contributed by atoms with E-state index in [-0.39, 0.29) is 5.91 Å². The number of fused-ring (bicyclic) bond motifs is 1. The molecule has 25 heavy (non-hydrogen) atoms. The van der Waals surface area contributed by atoms with E-state index in [9.17, 15) is 4.79 Å². The third-order valence-electron chi connectivity index (χ3n) is 4.24. The molecule has 0 spiro atoms. The van der Waals surface area contributed by atoms with Gasteiger partial charge in [0.15, 0.2) is 0 Å². The lowest BCUT2D eigenvalue weighted by molar-refractivity contribution is -0.118.